The Morgan fingerprint density at radius 2 is 1.60 bits per heavy atom. The van der Waals surface area contributed by atoms with Gasteiger partial charge in [-0.2, -0.15) is 0 Å². The standard InChI is InChI=1S/C12H18O8/c1-7(13)19-9-5-12(17-4,11(15)16-3)18-6-10(9)20-8(2)14/h9-10H,5-6H2,1-4H3/t9-,10+,12-/m1/s1. The zero-order valence-electron chi connectivity index (χ0n) is 11.8. The van der Waals surface area contributed by atoms with Gasteiger partial charge >= 0.3 is 17.9 Å². The van der Waals surface area contributed by atoms with Gasteiger partial charge in [-0.05, 0) is 0 Å². The summed E-state index contributed by atoms with van der Waals surface area (Å²) in [5.41, 5.74) is 0. The van der Waals surface area contributed by atoms with Crippen molar-refractivity contribution in [1.29, 1.82) is 0 Å². The predicted octanol–water partition coefficient (Wildman–Crippen LogP) is -0.214. The van der Waals surface area contributed by atoms with Crippen LogP contribution in [0.5, 0.6) is 0 Å². The molecule has 1 heterocycles. The third-order valence-corrected chi connectivity index (χ3v) is 2.83. The van der Waals surface area contributed by atoms with Crippen LogP contribution in [0.3, 0.4) is 0 Å². The van der Waals surface area contributed by atoms with Crippen molar-refractivity contribution in [1.82, 2.24) is 0 Å². The zero-order chi connectivity index (χ0) is 15.3. The topological polar surface area (TPSA) is 97.4 Å². The first-order chi connectivity index (χ1) is 9.34. The molecular formula is C12H18O8. The van der Waals surface area contributed by atoms with Crippen molar-refractivity contribution in [3.63, 3.8) is 0 Å². The smallest absolute Gasteiger partial charge is 0.366 e. The molecule has 20 heavy (non-hydrogen) atoms. The number of carbonyl (C=O) groups is 3. The lowest BCUT2D eigenvalue weighted by molar-refractivity contribution is -0.283. The second-order valence-electron chi connectivity index (χ2n) is 4.26. The van der Waals surface area contributed by atoms with Crippen molar-refractivity contribution in [2.24, 2.45) is 0 Å². The first-order valence-corrected chi connectivity index (χ1v) is 5.96. The van der Waals surface area contributed by atoms with Crippen LogP contribution in [0.4, 0.5) is 0 Å². The number of esters is 3. The molecule has 0 bridgehead atoms. The monoisotopic (exact) mass is 290 g/mol. The van der Waals surface area contributed by atoms with Crippen LogP contribution in [-0.2, 0) is 38.1 Å². The van der Waals surface area contributed by atoms with Crippen LogP contribution in [0.15, 0.2) is 0 Å². The van der Waals surface area contributed by atoms with E-state index in [1.807, 2.05) is 0 Å². The first kappa shape index (κ1) is 16.4. The molecule has 1 fully saturated rings. The lowest BCUT2D eigenvalue weighted by Gasteiger charge is -2.40. The van der Waals surface area contributed by atoms with Gasteiger partial charge in [0.05, 0.1) is 20.1 Å². The number of carbonyl (C=O) groups excluding carboxylic acids is 3. The van der Waals surface area contributed by atoms with Gasteiger partial charge in [0.2, 0.25) is 0 Å². The van der Waals surface area contributed by atoms with Crippen molar-refractivity contribution in [3.8, 4) is 0 Å². The van der Waals surface area contributed by atoms with Gasteiger partial charge in [0.15, 0.2) is 6.10 Å². The van der Waals surface area contributed by atoms with Gasteiger partial charge in [-0.3, -0.25) is 9.59 Å². The highest BCUT2D eigenvalue weighted by molar-refractivity contribution is 5.78. The van der Waals surface area contributed by atoms with Crippen LogP contribution in [0.25, 0.3) is 0 Å². The van der Waals surface area contributed by atoms with E-state index in [9.17, 15) is 14.4 Å². The van der Waals surface area contributed by atoms with Crippen molar-refractivity contribution >= 4 is 17.9 Å². The van der Waals surface area contributed by atoms with Gasteiger partial charge in [0.1, 0.15) is 6.10 Å². The molecule has 1 aliphatic heterocycles. The lowest BCUT2D eigenvalue weighted by atomic mass is 10.00. The molecule has 0 unspecified atom stereocenters. The fraction of sp³-hybridized carbons (Fsp3) is 0.750. The molecule has 8 nitrogen and oxygen atoms in total. The number of hydrogen-bond donors (Lipinski definition) is 0. The number of methoxy groups -OCH3 is 2. The Morgan fingerprint density at radius 3 is 2.05 bits per heavy atom. The number of ether oxygens (including phenoxy) is 5. The maximum Gasteiger partial charge on any atom is 0.366 e. The van der Waals surface area contributed by atoms with E-state index in [0.717, 1.165) is 0 Å². The Labute approximate surface area is 116 Å². The van der Waals surface area contributed by atoms with E-state index < -0.39 is 35.9 Å². The maximum absolute atomic E-state index is 11.8. The molecule has 0 aromatic rings. The fourth-order valence-electron chi connectivity index (χ4n) is 1.96. The van der Waals surface area contributed by atoms with E-state index in [2.05, 4.69) is 4.74 Å². The summed E-state index contributed by atoms with van der Waals surface area (Å²) in [5, 5.41) is 0. The Bertz CT molecular complexity index is 393. The molecule has 0 aromatic heterocycles. The van der Waals surface area contributed by atoms with Crippen LogP contribution in [0.1, 0.15) is 20.3 Å². The van der Waals surface area contributed by atoms with E-state index in [4.69, 9.17) is 18.9 Å². The van der Waals surface area contributed by atoms with Gasteiger partial charge < -0.3 is 23.7 Å². The SMILES string of the molecule is COC(=O)[C@@]1(OC)C[C@@H](OC(C)=O)[C@@H](OC(C)=O)CO1. The van der Waals surface area contributed by atoms with Crippen LogP contribution >= 0.6 is 0 Å². The second kappa shape index (κ2) is 6.67. The summed E-state index contributed by atoms with van der Waals surface area (Å²) < 4.78 is 25.1. The van der Waals surface area contributed by atoms with E-state index in [-0.39, 0.29) is 13.0 Å². The lowest BCUT2D eigenvalue weighted by Crippen LogP contribution is -2.57. The summed E-state index contributed by atoms with van der Waals surface area (Å²) in [6, 6.07) is 0. The van der Waals surface area contributed by atoms with Gasteiger partial charge in [-0.1, -0.05) is 0 Å². The van der Waals surface area contributed by atoms with Gasteiger partial charge in [0.25, 0.3) is 5.79 Å². The summed E-state index contributed by atoms with van der Waals surface area (Å²) >= 11 is 0. The van der Waals surface area contributed by atoms with E-state index >= 15 is 0 Å². The van der Waals surface area contributed by atoms with Crippen LogP contribution in [-0.4, -0.2) is 56.7 Å². The molecule has 1 aliphatic rings. The van der Waals surface area contributed by atoms with Gasteiger partial charge in [-0.15, -0.1) is 0 Å². The molecule has 1 saturated heterocycles. The highest BCUT2D eigenvalue weighted by Crippen LogP contribution is 2.30. The fourth-order valence-corrected chi connectivity index (χ4v) is 1.96. The predicted molar refractivity (Wildman–Crippen MR) is 63.4 cm³/mol. The van der Waals surface area contributed by atoms with Crippen molar-refractivity contribution < 1.29 is 38.1 Å². The molecule has 0 saturated carbocycles. The third-order valence-electron chi connectivity index (χ3n) is 2.83. The third kappa shape index (κ3) is 3.67. The normalized spacial score (nSPS) is 29.4. The summed E-state index contributed by atoms with van der Waals surface area (Å²) in [7, 11) is 2.46. The number of rotatable bonds is 4. The summed E-state index contributed by atoms with van der Waals surface area (Å²) in [4.78, 5) is 33.9. The molecule has 0 aliphatic carbocycles. The minimum atomic E-state index is -1.68. The molecule has 114 valence electrons. The number of hydrogen-bond acceptors (Lipinski definition) is 8. The largest absolute Gasteiger partial charge is 0.465 e. The Kier molecular flexibility index (Phi) is 5.46. The van der Waals surface area contributed by atoms with Gasteiger partial charge in [0, 0.05) is 21.0 Å². The molecule has 0 amide bonds. The van der Waals surface area contributed by atoms with E-state index in [1.165, 1.54) is 28.1 Å². The van der Waals surface area contributed by atoms with Crippen LogP contribution < -0.4 is 0 Å². The summed E-state index contributed by atoms with van der Waals surface area (Å²) in [5.74, 6) is -3.54. The first-order valence-electron chi connectivity index (χ1n) is 5.96. The Hall–Kier alpha value is -1.67. The average Bonchev–Trinajstić information content (AvgIpc) is 2.38. The van der Waals surface area contributed by atoms with E-state index in [0.29, 0.717) is 0 Å². The molecule has 3 atom stereocenters. The second-order valence-corrected chi connectivity index (χ2v) is 4.26. The average molecular weight is 290 g/mol. The minimum Gasteiger partial charge on any atom is -0.465 e. The molecular weight excluding hydrogens is 272 g/mol. The molecule has 0 spiro atoms. The van der Waals surface area contributed by atoms with Crippen molar-refractivity contribution in [2.45, 2.75) is 38.3 Å². The van der Waals surface area contributed by atoms with E-state index in [1.54, 1.807) is 0 Å². The van der Waals surface area contributed by atoms with Crippen molar-refractivity contribution in [2.75, 3.05) is 20.8 Å². The molecule has 1 rings (SSSR count). The highest BCUT2D eigenvalue weighted by Gasteiger charge is 2.51. The zero-order valence-corrected chi connectivity index (χ0v) is 11.8. The molecule has 0 N–H and O–H groups in total. The molecule has 8 heteroatoms. The Balaban J connectivity index is 2.92. The van der Waals surface area contributed by atoms with Gasteiger partial charge in [-0.25, -0.2) is 4.79 Å². The maximum atomic E-state index is 11.8. The van der Waals surface area contributed by atoms with Crippen molar-refractivity contribution in [3.05, 3.63) is 0 Å². The highest BCUT2D eigenvalue weighted by atomic mass is 16.7. The summed E-state index contributed by atoms with van der Waals surface area (Å²) in [6.07, 6.45) is -1.79. The molecule has 0 aromatic carbocycles. The van der Waals surface area contributed by atoms with Crippen LogP contribution in [0, 0.1) is 0 Å². The Morgan fingerprint density at radius 1 is 1.05 bits per heavy atom. The quantitative estimate of drug-likeness (QED) is 0.518. The van der Waals surface area contributed by atoms with Crippen LogP contribution in [0.2, 0.25) is 0 Å². The minimum absolute atomic E-state index is 0.131. The summed E-state index contributed by atoms with van der Waals surface area (Å²) in [6.45, 7) is 2.29. The molecule has 0 radical (unpaired) electrons.